The smallest absolute Gasteiger partial charge is 0.226 e. The summed E-state index contributed by atoms with van der Waals surface area (Å²) in [5.74, 6) is 0.666. The molecule has 0 atom stereocenters. The van der Waals surface area contributed by atoms with E-state index in [4.69, 9.17) is 27.2 Å². The summed E-state index contributed by atoms with van der Waals surface area (Å²) in [4.78, 5) is 7.96. The van der Waals surface area contributed by atoms with E-state index in [0.29, 0.717) is 22.3 Å². The van der Waals surface area contributed by atoms with Gasteiger partial charge in [0.05, 0.1) is 12.2 Å². The Morgan fingerprint density at radius 1 is 1.22 bits per heavy atom. The molecule has 0 aliphatic carbocycles. The number of nitrogens with zero attached hydrogens (tertiary/aromatic N) is 2. The minimum Gasteiger partial charge on any atom is -0.475 e. The van der Waals surface area contributed by atoms with Crippen LogP contribution in [0.4, 0.5) is 5.82 Å². The van der Waals surface area contributed by atoms with Gasteiger partial charge in [-0.15, -0.1) is 0 Å². The first-order chi connectivity index (χ1) is 8.72. The molecule has 0 aliphatic rings. The third-order valence-corrected chi connectivity index (χ3v) is 2.56. The molecule has 0 saturated carbocycles. The summed E-state index contributed by atoms with van der Waals surface area (Å²) in [5.41, 5.74) is 7.25. The van der Waals surface area contributed by atoms with E-state index in [9.17, 15) is 0 Å². The summed E-state index contributed by atoms with van der Waals surface area (Å²) in [7, 11) is 0. The van der Waals surface area contributed by atoms with E-state index >= 15 is 0 Å². The van der Waals surface area contributed by atoms with Crippen LogP contribution < -0.4 is 10.5 Å². The number of rotatable bonds is 4. The number of halogens is 1. The zero-order chi connectivity index (χ0) is 13.0. The molecule has 1 aromatic carbocycles. The molecule has 0 aliphatic heterocycles. The van der Waals surface area contributed by atoms with E-state index in [1.807, 2.05) is 12.1 Å². The Morgan fingerprint density at radius 3 is 2.61 bits per heavy atom. The lowest BCUT2D eigenvalue weighted by Gasteiger charge is -2.11. The molecule has 0 amide bonds. The molecule has 0 radical (unpaired) electrons. The summed E-state index contributed by atoms with van der Waals surface area (Å²) in [6, 6.07) is 7.12. The van der Waals surface area contributed by atoms with E-state index in [2.05, 4.69) is 9.97 Å². The highest BCUT2D eigenvalue weighted by Crippen LogP contribution is 2.32. The second-order valence-corrected chi connectivity index (χ2v) is 3.95. The molecular weight excluding hydrogens is 254 g/mol. The topological polar surface area (TPSA) is 81.3 Å². The standard InChI is InChI=1S/C12H12ClN3O2/c13-9-3-1-8(2-4-9)10-11(14)15-7-16-12(10)18-6-5-17/h1-4,7,17H,5-6H2,(H2,14,15,16). The van der Waals surface area contributed by atoms with Gasteiger partial charge in [0.1, 0.15) is 18.8 Å². The highest BCUT2D eigenvalue weighted by Gasteiger charge is 2.12. The Bertz CT molecular complexity index is 531. The second-order valence-electron chi connectivity index (χ2n) is 3.52. The van der Waals surface area contributed by atoms with Crippen LogP contribution in [0, 0.1) is 0 Å². The first kappa shape index (κ1) is 12.6. The summed E-state index contributed by atoms with van der Waals surface area (Å²) in [6.07, 6.45) is 1.32. The lowest BCUT2D eigenvalue weighted by atomic mass is 10.1. The van der Waals surface area contributed by atoms with E-state index < -0.39 is 0 Å². The molecule has 2 aromatic rings. The van der Waals surface area contributed by atoms with Crippen LogP contribution >= 0.6 is 11.6 Å². The number of ether oxygens (including phenoxy) is 1. The maximum absolute atomic E-state index is 8.78. The zero-order valence-corrected chi connectivity index (χ0v) is 10.3. The van der Waals surface area contributed by atoms with Gasteiger partial charge in [0.25, 0.3) is 0 Å². The van der Waals surface area contributed by atoms with Gasteiger partial charge in [-0.05, 0) is 17.7 Å². The second kappa shape index (κ2) is 5.66. The Kier molecular flexibility index (Phi) is 3.96. The highest BCUT2D eigenvalue weighted by atomic mass is 35.5. The van der Waals surface area contributed by atoms with Crippen LogP contribution in [-0.2, 0) is 0 Å². The van der Waals surface area contributed by atoms with Gasteiger partial charge in [-0.3, -0.25) is 0 Å². The van der Waals surface area contributed by atoms with Gasteiger partial charge < -0.3 is 15.6 Å². The van der Waals surface area contributed by atoms with Gasteiger partial charge in [0.2, 0.25) is 5.88 Å². The largest absolute Gasteiger partial charge is 0.475 e. The van der Waals surface area contributed by atoms with Crippen molar-refractivity contribution in [3.05, 3.63) is 35.6 Å². The quantitative estimate of drug-likeness (QED) is 0.880. The molecule has 3 N–H and O–H groups in total. The van der Waals surface area contributed by atoms with Crippen LogP contribution in [0.25, 0.3) is 11.1 Å². The van der Waals surface area contributed by atoms with Crippen molar-refractivity contribution in [2.75, 3.05) is 18.9 Å². The molecule has 5 nitrogen and oxygen atoms in total. The van der Waals surface area contributed by atoms with Gasteiger partial charge >= 0.3 is 0 Å². The minimum absolute atomic E-state index is 0.0933. The predicted molar refractivity (Wildman–Crippen MR) is 69.5 cm³/mol. The number of aliphatic hydroxyl groups is 1. The molecule has 94 valence electrons. The lowest BCUT2D eigenvalue weighted by molar-refractivity contribution is 0.197. The highest BCUT2D eigenvalue weighted by molar-refractivity contribution is 6.30. The Balaban J connectivity index is 2.44. The van der Waals surface area contributed by atoms with Gasteiger partial charge in [-0.25, -0.2) is 9.97 Å². The first-order valence-electron chi connectivity index (χ1n) is 5.32. The average molecular weight is 266 g/mol. The van der Waals surface area contributed by atoms with Crippen molar-refractivity contribution in [2.24, 2.45) is 0 Å². The van der Waals surface area contributed by atoms with E-state index in [-0.39, 0.29) is 13.2 Å². The molecule has 0 unspecified atom stereocenters. The summed E-state index contributed by atoms with van der Waals surface area (Å²) in [5, 5.41) is 9.41. The molecule has 6 heteroatoms. The fraction of sp³-hybridized carbons (Fsp3) is 0.167. The molecule has 1 aromatic heterocycles. The normalized spacial score (nSPS) is 10.3. The average Bonchev–Trinajstić information content (AvgIpc) is 2.38. The Morgan fingerprint density at radius 2 is 1.94 bits per heavy atom. The molecule has 1 heterocycles. The number of nitrogen functional groups attached to an aromatic ring is 1. The van der Waals surface area contributed by atoms with Crippen molar-refractivity contribution in [2.45, 2.75) is 0 Å². The SMILES string of the molecule is Nc1ncnc(OCCO)c1-c1ccc(Cl)cc1. The van der Waals surface area contributed by atoms with Gasteiger partial charge in [0, 0.05) is 5.02 Å². The molecule has 0 fully saturated rings. The van der Waals surface area contributed by atoms with Crippen molar-refractivity contribution in [1.82, 2.24) is 9.97 Å². The van der Waals surface area contributed by atoms with Crippen molar-refractivity contribution < 1.29 is 9.84 Å². The van der Waals surface area contributed by atoms with Crippen LogP contribution in [0.2, 0.25) is 5.02 Å². The Labute approximate surface area is 109 Å². The number of aromatic nitrogens is 2. The fourth-order valence-electron chi connectivity index (χ4n) is 1.52. The van der Waals surface area contributed by atoms with Gasteiger partial charge in [-0.2, -0.15) is 0 Å². The first-order valence-corrected chi connectivity index (χ1v) is 5.70. The van der Waals surface area contributed by atoms with Crippen LogP contribution in [-0.4, -0.2) is 28.3 Å². The van der Waals surface area contributed by atoms with Crippen LogP contribution in [0.15, 0.2) is 30.6 Å². The number of nitrogens with two attached hydrogens (primary N) is 1. The molecule has 0 saturated heterocycles. The third-order valence-electron chi connectivity index (χ3n) is 2.30. The fourth-order valence-corrected chi connectivity index (χ4v) is 1.65. The van der Waals surface area contributed by atoms with Crippen molar-refractivity contribution >= 4 is 17.4 Å². The maximum Gasteiger partial charge on any atom is 0.226 e. The summed E-state index contributed by atoms with van der Waals surface area (Å²) >= 11 is 5.84. The van der Waals surface area contributed by atoms with Crippen LogP contribution in [0.1, 0.15) is 0 Å². The number of benzene rings is 1. The zero-order valence-electron chi connectivity index (χ0n) is 9.51. The van der Waals surface area contributed by atoms with Crippen molar-refractivity contribution in [1.29, 1.82) is 0 Å². The number of anilines is 1. The molecule has 0 spiro atoms. The molecule has 0 bridgehead atoms. The number of hydrogen-bond acceptors (Lipinski definition) is 5. The lowest BCUT2D eigenvalue weighted by Crippen LogP contribution is -2.06. The van der Waals surface area contributed by atoms with Gasteiger partial charge in [0.15, 0.2) is 0 Å². The third kappa shape index (κ3) is 2.69. The summed E-state index contributed by atoms with van der Waals surface area (Å²) < 4.78 is 5.34. The molecular formula is C12H12ClN3O2. The van der Waals surface area contributed by atoms with Crippen molar-refractivity contribution in [3.8, 4) is 17.0 Å². The monoisotopic (exact) mass is 265 g/mol. The van der Waals surface area contributed by atoms with Gasteiger partial charge in [-0.1, -0.05) is 23.7 Å². The van der Waals surface area contributed by atoms with E-state index in [1.165, 1.54) is 6.33 Å². The minimum atomic E-state index is -0.0933. The molecule has 2 rings (SSSR count). The van der Waals surface area contributed by atoms with E-state index in [1.54, 1.807) is 12.1 Å². The maximum atomic E-state index is 8.78. The van der Waals surface area contributed by atoms with E-state index in [0.717, 1.165) is 5.56 Å². The Hall–Kier alpha value is -1.85. The predicted octanol–water partition coefficient (Wildman–Crippen LogP) is 1.75. The number of aliphatic hydroxyl groups excluding tert-OH is 1. The van der Waals surface area contributed by atoms with Crippen LogP contribution in [0.5, 0.6) is 5.88 Å². The number of hydrogen-bond donors (Lipinski definition) is 2. The summed E-state index contributed by atoms with van der Waals surface area (Å²) in [6.45, 7) is 0.0566. The van der Waals surface area contributed by atoms with Crippen molar-refractivity contribution in [3.63, 3.8) is 0 Å². The van der Waals surface area contributed by atoms with Crippen LogP contribution in [0.3, 0.4) is 0 Å². The molecule has 18 heavy (non-hydrogen) atoms.